The number of sulfonamides is 1. The average Bonchev–Trinajstić information content (AvgIpc) is 2.94. The Balaban J connectivity index is 1.69. The Labute approximate surface area is 157 Å². The van der Waals surface area contributed by atoms with E-state index in [-0.39, 0.29) is 10.7 Å². The fourth-order valence-electron chi connectivity index (χ4n) is 2.56. The molecule has 0 aliphatic carbocycles. The second kappa shape index (κ2) is 7.39. The molecule has 0 bridgehead atoms. The van der Waals surface area contributed by atoms with Crippen molar-refractivity contribution in [1.82, 2.24) is 5.16 Å². The second-order valence-corrected chi connectivity index (χ2v) is 7.81. The molecule has 0 aliphatic heterocycles. The van der Waals surface area contributed by atoms with Crippen LogP contribution in [-0.2, 0) is 16.6 Å². The van der Waals surface area contributed by atoms with Crippen LogP contribution in [0, 0.1) is 13.8 Å². The first-order chi connectivity index (χ1) is 12.4. The lowest BCUT2D eigenvalue weighted by atomic mass is 10.2. The van der Waals surface area contributed by atoms with Gasteiger partial charge < -0.3 is 9.84 Å². The summed E-state index contributed by atoms with van der Waals surface area (Å²) in [7, 11) is -3.75. The van der Waals surface area contributed by atoms with E-state index < -0.39 is 10.0 Å². The highest BCUT2D eigenvalue weighted by Crippen LogP contribution is 2.23. The molecule has 6 nitrogen and oxygen atoms in total. The topological polar surface area (TPSA) is 84.2 Å². The lowest BCUT2D eigenvalue weighted by molar-refractivity contribution is 0.390. The maximum atomic E-state index is 12.5. The second-order valence-electron chi connectivity index (χ2n) is 5.78. The summed E-state index contributed by atoms with van der Waals surface area (Å²) in [6.45, 7) is 3.73. The van der Waals surface area contributed by atoms with E-state index in [2.05, 4.69) is 15.2 Å². The quantitative estimate of drug-likeness (QED) is 0.652. The van der Waals surface area contributed by atoms with E-state index in [1.165, 1.54) is 0 Å². The van der Waals surface area contributed by atoms with Crippen molar-refractivity contribution in [3.8, 4) is 0 Å². The summed E-state index contributed by atoms with van der Waals surface area (Å²) in [6, 6.07) is 14.5. The Morgan fingerprint density at radius 1 is 1.04 bits per heavy atom. The number of nitrogens with zero attached hydrogens (tertiary/aromatic N) is 1. The molecule has 0 amide bonds. The lowest BCUT2D eigenvalue weighted by Crippen LogP contribution is -2.14. The van der Waals surface area contributed by atoms with Gasteiger partial charge in [0.25, 0.3) is 10.0 Å². The molecule has 1 aromatic heterocycles. The van der Waals surface area contributed by atoms with Crippen LogP contribution in [0.25, 0.3) is 0 Å². The molecule has 26 heavy (non-hydrogen) atoms. The van der Waals surface area contributed by atoms with Crippen LogP contribution in [0.1, 0.15) is 17.0 Å². The smallest absolute Gasteiger partial charge is 0.267 e. The van der Waals surface area contributed by atoms with Gasteiger partial charge in [0.15, 0.2) is 10.7 Å². The van der Waals surface area contributed by atoms with Crippen LogP contribution in [0.4, 0.5) is 11.4 Å². The molecule has 2 N–H and O–H groups in total. The molecule has 0 aliphatic rings. The molecular formula is C18H18ClN3O3S. The molecular weight excluding hydrogens is 374 g/mol. The normalized spacial score (nSPS) is 11.3. The minimum Gasteiger partial charge on any atom is -0.381 e. The SMILES string of the molecule is Cc1noc(C)c1S(=O)(=O)Nc1ccc(NCc2ccccc2Cl)cc1. The maximum Gasteiger partial charge on any atom is 0.267 e. The van der Waals surface area contributed by atoms with E-state index in [4.69, 9.17) is 16.1 Å². The van der Waals surface area contributed by atoms with Crippen LogP contribution in [0.5, 0.6) is 0 Å². The van der Waals surface area contributed by atoms with Gasteiger partial charge in [0, 0.05) is 22.9 Å². The van der Waals surface area contributed by atoms with E-state index in [0.29, 0.717) is 22.9 Å². The Hall–Kier alpha value is -2.51. The van der Waals surface area contributed by atoms with Gasteiger partial charge in [-0.3, -0.25) is 4.72 Å². The van der Waals surface area contributed by atoms with Crippen molar-refractivity contribution in [2.45, 2.75) is 25.3 Å². The van der Waals surface area contributed by atoms with Crippen molar-refractivity contribution in [2.75, 3.05) is 10.0 Å². The van der Waals surface area contributed by atoms with Gasteiger partial charge >= 0.3 is 0 Å². The fraction of sp³-hybridized carbons (Fsp3) is 0.167. The van der Waals surface area contributed by atoms with E-state index in [1.807, 2.05) is 24.3 Å². The third-order valence-electron chi connectivity index (χ3n) is 3.81. The van der Waals surface area contributed by atoms with Gasteiger partial charge in [-0.2, -0.15) is 0 Å². The largest absolute Gasteiger partial charge is 0.381 e. The molecule has 3 aromatic rings. The number of hydrogen-bond acceptors (Lipinski definition) is 5. The highest BCUT2D eigenvalue weighted by atomic mass is 35.5. The molecule has 3 rings (SSSR count). The van der Waals surface area contributed by atoms with Crippen molar-refractivity contribution >= 4 is 33.0 Å². The third-order valence-corrected chi connectivity index (χ3v) is 5.81. The van der Waals surface area contributed by atoms with Crippen LogP contribution in [-0.4, -0.2) is 13.6 Å². The maximum absolute atomic E-state index is 12.5. The summed E-state index contributed by atoms with van der Waals surface area (Å²) in [5.41, 5.74) is 2.61. The summed E-state index contributed by atoms with van der Waals surface area (Å²) in [5.74, 6) is 0.257. The summed E-state index contributed by atoms with van der Waals surface area (Å²) in [6.07, 6.45) is 0. The van der Waals surface area contributed by atoms with E-state index in [9.17, 15) is 8.42 Å². The number of halogens is 1. The van der Waals surface area contributed by atoms with Crippen LogP contribution in [0.3, 0.4) is 0 Å². The third kappa shape index (κ3) is 4.00. The van der Waals surface area contributed by atoms with Gasteiger partial charge in [0.2, 0.25) is 0 Å². The number of nitrogens with one attached hydrogen (secondary N) is 2. The zero-order chi connectivity index (χ0) is 18.7. The van der Waals surface area contributed by atoms with Crippen molar-refractivity contribution < 1.29 is 12.9 Å². The molecule has 0 saturated carbocycles. The molecule has 0 spiro atoms. The Bertz CT molecular complexity index is 995. The molecule has 0 fully saturated rings. The first kappa shape index (κ1) is 18.3. The Morgan fingerprint density at radius 2 is 1.69 bits per heavy atom. The van der Waals surface area contributed by atoms with Gasteiger partial charge in [-0.25, -0.2) is 8.42 Å². The van der Waals surface area contributed by atoms with Crippen LogP contribution >= 0.6 is 11.6 Å². The number of benzene rings is 2. The average molecular weight is 392 g/mol. The van der Waals surface area contributed by atoms with Gasteiger partial charge in [0.05, 0.1) is 0 Å². The predicted molar refractivity (Wildman–Crippen MR) is 102 cm³/mol. The first-order valence-electron chi connectivity index (χ1n) is 7.90. The first-order valence-corrected chi connectivity index (χ1v) is 9.76. The molecule has 0 atom stereocenters. The number of hydrogen-bond donors (Lipinski definition) is 2. The van der Waals surface area contributed by atoms with Gasteiger partial charge in [-0.15, -0.1) is 0 Å². The summed E-state index contributed by atoms with van der Waals surface area (Å²) < 4.78 is 32.5. The molecule has 0 unspecified atom stereocenters. The molecule has 2 aromatic carbocycles. The fourth-order valence-corrected chi connectivity index (χ4v) is 4.15. The number of aromatic nitrogens is 1. The van der Waals surface area contributed by atoms with Gasteiger partial charge in [0.1, 0.15) is 5.69 Å². The molecule has 8 heteroatoms. The van der Waals surface area contributed by atoms with Gasteiger partial charge in [-0.05, 0) is 49.7 Å². The monoisotopic (exact) mass is 391 g/mol. The zero-order valence-corrected chi connectivity index (χ0v) is 15.9. The highest BCUT2D eigenvalue weighted by molar-refractivity contribution is 7.92. The van der Waals surface area contributed by atoms with Crippen molar-refractivity contribution in [2.24, 2.45) is 0 Å². The minimum atomic E-state index is -3.75. The summed E-state index contributed by atoms with van der Waals surface area (Å²) in [5, 5.41) is 7.63. The standard InChI is InChI=1S/C18H18ClN3O3S/c1-12-18(13(2)25-21-12)26(23,24)22-16-9-7-15(8-10-16)20-11-14-5-3-4-6-17(14)19/h3-10,20,22H,11H2,1-2H3. The predicted octanol–water partition coefficient (Wildman–Crippen LogP) is 4.36. The highest BCUT2D eigenvalue weighted by Gasteiger charge is 2.24. The van der Waals surface area contributed by atoms with Crippen molar-refractivity contribution in [3.05, 3.63) is 70.6 Å². The van der Waals surface area contributed by atoms with E-state index >= 15 is 0 Å². The number of anilines is 2. The van der Waals surface area contributed by atoms with Crippen molar-refractivity contribution in [1.29, 1.82) is 0 Å². The van der Waals surface area contributed by atoms with Crippen LogP contribution in [0.2, 0.25) is 5.02 Å². The number of rotatable bonds is 6. The van der Waals surface area contributed by atoms with Gasteiger partial charge in [-0.1, -0.05) is 35.0 Å². The molecule has 0 radical (unpaired) electrons. The summed E-state index contributed by atoms with van der Waals surface area (Å²) >= 11 is 6.13. The molecule has 136 valence electrons. The summed E-state index contributed by atoms with van der Waals surface area (Å²) in [4.78, 5) is 0.0680. The molecule has 0 saturated heterocycles. The Morgan fingerprint density at radius 3 is 2.31 bits per heavy atom. The zero-order valence-electron chi connectivity index (χ0n) is 14.3. The van der Waals surface area contributed by atoms with Crippen molar-refractivity contribution in [3.63, 3.8) is 0 Å². The Kier molecular flexibility index (Phi) is 5.20. The molecule has 1 heterocycles. The minimum absolute atomic E-state index is 0.0680. The van der Waals surface area contributed by atoms with E-state index in [1.54, 1.807) is 38.1 Å². The van der Waals surface area contributed by atoms with E-state index in [0.717, 1.165) is 11.3 Å². The number of aryl methyl sites for hydroxylation is 2. The van der Waals surface area contributed by atoms with Crippen LogP contribution < -0.4 is 10.0 Å². The lowest BCUT2D eigenvalue weighted by Gasteiger charge is -2.10. The van der Waals surface area contributed by atoms with Crippen LogP contribution in [0.15, 0.2) is 57.9 Å².